The van der Waals surface area contributed by atoms with Crippen molar-refractivity contribution in [2.75, 3.05) is 11.5 Å². The van der Waals surface area contributed by atoms with E-state index < -0.39 is 27.5 Å². The summed E-state index contributed by atoms with van der Waals surface area (Å²) in [5, 5.41) is 0. The van der Waals surface area contributed by atoms with Gasteiger partial charge in [0.15, 0.2) is 15.6 Å². The Kier molecular flexibility index (Phi) is 4.52. The molecule has 1 aliphatic carbocycles. The number of carbonyl (C=O) groups is 1. The molecular weight excluding hydrogens is 395 g/mol. The van der Waals surface area contributed by atoms with Gasteiger partial charge in [-0.3, -0.25) is 4.79 Å². The lowest BCUT2D eigenvalue weighted by molar-refractivity contribution is -0.137. The van der Waals surface area contributed by atoms with E-state index >= 15 is 0 Å². The molecule has 2 heterocycles. The first kappa shape index (κ1) is 19.0. The predicted molar refractivity (Wildman–Crippen MR) is 95.4 cm³/mol. The van der Waals surface area contributed by atoms with Gasteiger partial charge in [0.05, 0.1) is 17.1 Å². The zero-order chi connectivity index (χ0) is 20.1. The van der Waals surface area contributed by atoms with Crippen LogP contribution in [0, 0.1) is 0 Å². The van der Waals surface area contributed by atoms with Gasteiger partial charge in [0.2, 0.25) is 0 Å². The van der Waals surface area contributed by atoms with Crippen molar-refractivity contribution in [1.82, 2.24) is 4.90 Å². The zero-order valence-corrected chi connectivity index (χ0v) is 15.6. The van der Waals surface area contributed by atoms with Crippen molar-refractivity contribution in [3.05, 3.63) is 47.7 Å². The number of nitrogens with zero attached hydrogens (tertiary/aromatic N) is 1. The standard InChI is InChI=1S/C19H18F3NO4S/c20-19(21,22)13-3-1-2-12(10-13)16-6-7-17(27-16)18(24)23(14-4-5-14)15-8-9-28(25,26)11-15/h1-3,6-7,10,14-15H,4-5,8-9,11H2. The largest absolute Gasteiger partial charge is 0.451 e. The summed E-state index contributed by atoms with van der Waals surface area (Å²) in [5.41, 5.74) is -0.583. The van der Waals surface area contributed by atoms with Crippen LogP contribution < -0.4 is 0 Å². The van der Waals surface area contributed by atoms with Crippen molar-refractivity contribution in [3.63, 3.8) is 0 Å². The lowest BCUT2D eigenvalue weighted by Crippen LogP contribution is -2.42. The summed E-state index contributed by atoms with van der Waals surface area (Å²) >= 11 is 0. The molecule has 1 aromatic carbocycles. The van der Waals surface area contributed by atoms with Crippen LogP contribution in [0.3, 0.4) is 0 Å². The molecule has 5 nitrogen and oxygen atoms in total. The highest BCUT2D eigenvalue weighted by atomic mass is 32.2. The number of rotatable bonds is 4. The lowest BCUT2D eigenvalue weighted by Gasteiger charge is -2.27. The SMILES string of the molecule is O=C(c1ccc(-c2cccc(C(F)(F)F)c2)o1)N(C1CC1)C1CCS(=O)(=O)C1. The minimum atomic E-state index is -4.47. The first-order valence-corrected chi connectivity index (χ1v) is 10.8. The molecule has 28 heavy (non-hydrogen) atoms. The van der Waals surface area contributed by atoms with Crippen LogP contribution in [0.25, 0.3) is 11.3 Å². The Morgan fingerprint density at radius 2 is 1.82 bits per heavy atom. The molecule has 1 saturated heterocycles. The first-order chi connectivity index (χ1) is 13.1. The third-order valence-electron chi connectivity index (χ3n) is 5.07. The van der Waals surface area contributed by atoms with Crippen LogP contribution in [0.4, 0.5) is 13.2 Å². The van der Waals surface area contributed by atoms with E-state index in [0.29, 0.717) is 6.42 Å². The van der Waals surface area contributed by atoms with Crippen molar-refractivity contribution in [2.45, 2.75) is 37.5 Å². The number of carbonyl (C=O) groups excluding carboxylic acids is 1. The number of halogens is 3. The Morgan fingerprint density at radius 1 is 1.07 bits per heavy atom. The summed E-state index contributed by atoms with van der Waals surface area (Å²) < 4.78 is 67.9. The third kappa shape index (κ3) is 3.80. The van der Waals surface area contributed by atoms with Gasteiger partial charge in [-0.05, 0) is 43.5 Å². The maximum atomic E-state index is 13.0. The van der Waals surface area contributed by atoms with E-state index in [-0.39, 0.29) is 40.7 Å². The van der Waals surface area contributed by atoms with Gasteiger partial charge >= 0.3 is 6.18 Å². The van der Waals surface area contributed by atoms with Crippen molar-refractivity contribution in [1.29, 1.82) is 0 Å². The van der Waals surface area contributed by atoms with Gasteiger partial charge in [0.25, 0.3) is 5.91 Å². The van der Waals surface area contributed by atoms with E-state index in [1.807, 2.05) is 0 Å². The van der Waals surface area contributed by atoms with E-state index in [4.69, 9.17) is 4.42 Å². The Labute approximate surface area is 160 Å². The van der Waals surface area contributed by atoms with Gasteiger partial charge in [-0.15, -0.1) is 0 Å². The van der Waals surface area contributed by atoms with Crippen molar-refractivity contribution in [3.8, 4) is 11.3 Å². The molecule has 2 aliphatic rings. The number of amides is 1. The molecule has 2 aromatic rings. The van der Waals surface area contributed by atoms with Gasteiger partial charge in [-0.25, -0.2) is 8.42 Å². The summed E-state index contributed by atoms with van der Waals surface area (Å²) in [6.45, 7) is 0. The molecule has 150 valence electrons. The fourth-order valence-corrected chi connectivity index (χ4v) is 5.27. The molecule has 1 amide bonds. The average Bonchev–Trinajstić information content (AvgIpc) is 3.20. The summed E-state index contributed by atoms with van der Waals surface area (Å²) in [7, 11) is -3.15. The van der Waals surface area contributed by atoms with Crippen molar-refractivity contribution in [2.24, 2.45) is 0 Å². The molecule has 0 bridgehead atoms. The van der Waals surface area contributed by atoms with Crippen LogP contribution in [-0.2, 0) is 16.0 Å². The highest BCUT2D eigenvalue weighted by molar-refractivity contribution is 7.91. The molecule has 0 spiro atoms. The molecule has 9 heteroatoms. The van der Waals surface area contributed by atoms with Crippen LogP contribution in [-0.4, -0.2) is 42.8 Å². The number of hydrogen-bond donors (Lipinski definition) is 0. The van der Waals surface area contributed by atoms with Gasteiger partial charge in [-0.1, -0.05) is 12.1 Å². The van der Waals surface area contributed by atoms with Gasteiger partial charge < -0.3 is 9.32 Å². The number of hydrogen-bond acceptors (Lipinski definition) is 4. The molecular formula is C19H18F3NO4S. The zero-order valence-electron chi connectivity index (χ0n) is 14.8. The predicted octanol–water partition coefficient (Wildman–Crippen LogP) is 3.76. The summed E-state index contributed by atoms with van der Waals surface area (Å²) in [6.07, 6.45) is -2.46. The molecule has 0 N–H and O–H groups in total. The second-order valence-electron chi connectivity index (χ2n) is 7.24. The Morgan fingerprint density at radius 3 is 2.43 bits per heavy atom. The minimum Gasteiger partial charge on any atom is -0.451 e. The van der Waals surface area contributed by atoms with Gasteiger partial charge in [0, 0.05) is 17.6 Å². The van der Waals surface area contributed by atoms with Crippen LogP contribution in [0.2, 0.25) is 0 Å². The van der Waals surface area contributed by atoms with E-state index in [1.54, 1.807) is 4.90 Å². The van der Waals surface area contributed by atoms with E-state index in [1.165, 1.54) is 24.3 Å². The second kappa shape index (κ2) is 6.65. The monoisotopic (exact) mass is 413 g/mol. The topological polar surface area (TPSA) is 67.6 Å². The highest BCUT2D eigenvalue weighted by Crippen LogP contribution is 2.35. The number of sulfone groups is 1. The molecule has 1 aliphatic heterocycles. The lowest BCUT2D eigenvalue weighted by atomic mass is 10.1. The quantitative estimate of drug-likeness (QED) is 0.766. The van der Waals surface area contributed by atoms with Gasteiger partial charge in [0.1, 0.15) is 5.76 Å². The van der Waals surface area contributed by atoms with Crippen LogP contribution in [0.15, 0.2) is 40.8 Å². The molecule has 0 radical (unpaired) electrons. The maximum absolute atomic E-state index is 13.0. The van der Waals surface area contributed by atoms with Crippen molar-refractivity contribution < 1.29 is 30.8 Å². The summed E-state index contributed by atoms with van der Waals surface area (Å²) in [4.78, 5) is 14.5. The van der Waals surface area contributed by atoms with Crippen molar-refractivity contribution >= 4 is 15.7 Å². The fourth-order valence-electron chi connectivity index (χ4n) is 3.56. The molecule has 4 rings (SSSR count). The Hall–Kier alpha value is -2.29. The summed E-state index contributed by atoms with van der Waals surface area (Å²) in [6, 6.07) is 7.19. The second-order valence-corrected chi connectivity index (χ2v) is 9.47. The van der Waals surface area contributed by atoms with Crippen LogP contribution in [0.1, 0.15) is 35.4 Å². The van der Waals surface area contributed by atoms with E-state index in [0.717, 1.165) is 25.0 Å². The molecule has 1 aromatic heterocycles. The van der Waals surface area contributed by atoms with E-state index in [9.17, 15) is 26.4 Å². The van der Waals surface area contributed by atoms with E-state index in [2.05, 4.69) is 0 Å². The third-order valence-corrected chi connectivity index (χ3v) is 6.82. The molecule has 1 unspecified atom stereocenters. The Bertz CT molecular complexity index is 1010. The maximum Gasteiger partial charge on any atom is 0.416 e. The fraction of sp³-hybridized carbons (Fsp3) is 0.421. The highest BCUT2D eigenvalue weighted by Gasteiger charge is 2.43. The molecule has 1 saturated carbocycles. The summed E-state index contributed by atoms with van der Waals surface area (Å²) in [5.74, 6) is -0.256. The smallest absolute Gasteiger partial charge is 0.416 e. The normalized spacial score (nSPS) is 21.6. The molecule has 2 fully saturated rings. The number of benzene rings is 1. The average molecular weight is 413 g/mol. The van der Waals surface area contributed by atoms with Gasteiger partial charge in [-0.2, -0.15) is 13.2 Å². The number of alkyl halides is 3. The van der Waals surface area contributed by atoms with Crippen LogP contribution in [0.5, 0.6) is 0 Å². The number of furan rings is 1. The van der Waals surface area contributed by atoms with Crippen LogP contribution >= 0.6 is 0 Å². The first-order valence-electron chi connectivity index (χ1n) is 8.95. The Balaban J connectivity index is 1.59. The molecule has 1 atom stereocenters. The minimum absolute atomic E-state index is 0.00334.